The zero-order valence-corrected chi connectivity index (χ0v) is 23.2. The summed E-state index contributed by atoms with van der Waals surface area (Å²) in [5.74, 6) is -0.990. The minimum atomic E-state index is -4.88. The first-order valence-corrected chi connectivity index (χ1v) is 13.9. The van der Waals surface area contributed by atoms with Crippen molar-refractivity contribution in [1.82, 2.24) is 4.90 Å². The largest absolute Gasteiger partial charge is 0.417 e. The third kappa shape index (κ3) is 6.05. The number of anilines is 1. The lowest BCUT2D eigenvalue weighted by Gasteiger charge is -2.28. The fraction of sp³-hybridized carbons (Fsp3) is 0.241. The minimum Gasteiger partial charge on any atom is -0.305 e. The number of carbonyl (C=O) groups excluding carboxylic acids is 3. The second-order valence-electron chi connectivity index (χ2n) is 10.2. The Morgan fingerprint density at radius 1 is 0.976 bits per heavy atom. The van der Waals surface area contributed by atoms with Gasteiger partial charge in [-0.05, 0) is 60.9 Å². The molecular formula is C29H24F3N3O6S. The van der Waals surface area contributed by atoms with Crippen molar-refractivity contribution >= 4 is 33.5 Å². The van der Waals surface area contributed by atoms with Crippen LogP contribution in [0.15, 0.2) is 71.6 Å². The summed E-state index contributed by atoms with van der Waals surface area (Å²) < 4.78 is 72.3. The molecule has 1 heterocycles. The summed E-state index contributed by atoms with van der Waals surface area (Å²) in [4.78, 5) is 41.2. The average Bonchev–Trinajstić information content (AvgIpc) is 3.07. The standard InChI is InChI=1S/C29H24F3N3O6S/c1-28(2)26(37)35(22-10-9-20(16-33)25(15-22)29(30,31)32)27(38)34(28)17-21-6-4-3-5-19(21)14-23(36)13-18-7-11-24(12-8-18)42(39,40)41/h3-12,15H,13-14,17H2,1-2H3,(H,39,40,41). The number of rotatable bonds is 8. The number of carbonyl (C=O) groups is 3. The monoisotopic (exact) mass is 599 g/mol. The van der Waals surface area contributed by atoms with Gasteiger partial charge in [-0.25, -0.2) is 9.69 Å². The number of urea groups is 1. The maximum Gasteiger partial charge on any atom is 0.417 e. The maximum atomic E-state index is 13.6. The Morgan fingerprint density at radius 3 is 2.17 bits per heavy atom. The van der Waals surface area contributed by atoms with Crippen molar-refractivity contribution in [3.63, 3.8) is 0 Å². The lowest BCUT2D eigenvalue weighted by molar-refractivity contribution is -0.137. The lowest BCUT2D eigenvalue weighted by atomic mass is 9.97. The van der Waals surface area contributed by atoms with Crippen LogP contribution in [0.5, 0.6) is 0 Å². The molecule has 3 aromatic carbocycles. The number of benzene rings is 3. The Balaban J connectivity index is 1.57. The SMILES string of the molecule is CC1(C)C(=O)N(c2ccc(C#N)c(C(F)(F)F)c2)C(=O)N1Cc1ccccc1CC(=O)Cc1ccc(S(=O)(=O)O)cc1. The molecule has 0 unspecified atom stereocenters. The molecular weight excluding hydrogens is 575 g/mol. The first kappa shape index (κ1) is 30.4. The van der Waals surface area contributed by atoms with Crippen molar-refractivity contribution in [2.24, 2.45) is 0 Å². The lowest BCUT2D eigenvalue weighted by Crippen LogP contribution is -2.43. The number of hydrogen-bond acceptors (Lipinski definition) is 6. The van der Waals surface area contributed by atoms with Gasteiger partial charge in [0.25, 0.3) is 16.0 Å². The van der Waals surface area contributed by atoms with Crippen LogP contribution in [-0.4, -0.2) is 41.1 Å². The highest BCUT2D eigenvalue weighted by Crippen LogP contribution is 2.38. The highest BCUT2D eigenvalue weighted by Gasteiger charge is 2.52. The van der Waals surface area contributed by atoms with Crippen LogP contribution < -0.4 is 4.90 Å². The van der Waals surface area contributed by atoms with Gasteiger partial charge in [-0.2, -0.15) is 26.9 Å². The molecule has 0 atom stereocenters. The van der Waals surface area contributed by atoms with Gasteiger partial charge >= 0.3 is 12.2 Å². The van der Waals surface area contributed by atoms with E-state index in [0.29, 0.717) is 27.7 Å². The number of hydrogen-bond donors (Lipinski definition) is 1. The molecule has 3 amide bonds. The first-order chi connectivity index (χ1) is 19.5. The molecule has 42 heavy (non-hydrogen) atoms. The van der Waals surface area contributed by atoms with Crippen LogP contribution in [0.2, 0.25) is 0 Å². The molecule has 0 spiro atoms. The number of halogens is 3. The van der Waals surface area contributed by atoms with Gasteiger partial charge in [-0.1, -0.05) is 36.4 Å². The zero-order chi connectivity index (χ0) is 31.0. The molecule has 1 N–H and O–H groups in total. The molecule has 13 heteroatoms. The normalized spacial score (nSPS) is 15.2. The van der Waals surface area contributed by atoms with Gasteiger partial charge < -0.3 is 4.90 Å². The summed E-state index contributed by atoms with van der Waals surface area (Å²) in [5.41, 5.74) is -2.07. The molecule has 0 aromatic heterocycles. The van der Waals surface area contributed by atoms with E-state index in [1.54, 1.807) is 24.3 Å². The number of Topliss-reactive ketones (excluding diaryl/α,β-unsaturated/α-hetero) is 1. The van der Waals surface area contributed by atoms with Crippen LogP contribution in [0.25, 0.3) is 0 Å². The molecule has 0 bridgehead atoms. The highest BCUT2D eigenvalue weighted by molar-refractivity contribution is 7.85. The highest BCUT2D eigenvalue weighted by atomic mass is 32.2. The van der Waals surface area contributed by atoms with E-state index in [4.69, 9.17) is 9.81 Å². The summed E-state index contributed by atoms with van der Waals surface area (Å²) in [7, 11) is -4.37. The second kappa shape index (κ2) is 11.0. The molecule has 218 valence electrons. The Bertz CT molecular complexity index is 1730. The van der Waals surface area contributed by atoms with E-state index in [1.807, 2.05) is 0 Å². The third-order valence-corrected chi connectivity index (χ3v) is 7.84. The molecule has 3 aromatic rings. The maximum absolute atomic E-state index is 13.6. The van der Waals surface area contributed by atoms with E-state index in [0.717, 1.165) is 12.1 Å². The molecule has 9 nitrogen and oxygen atoms in total. The van der Waals surface area contributed by atoms with Crippen molar-refractivity contribution in [3.8, 4) is 6.07 Å². The van der Waals surface area contributed by atoms with Crippen molar-refractivity contribution in [2.75, 3.05) is 4.90 Å². The first-order valence-electron chi connectivity index (χ1n) is 12.5. The van der Waals surface area contributed by atoms with Crippen molar-refractivity contribution < 1.29 is 40.5 Å². The van der Waals surface area contributed by atoms with E-state index < -0.39 is 44.9 Å². The number of alkyl halides is 3. The van der Waals surface area contributed by atoms with Gasteiger partial charge in [0, 0.05) is 19.4 Å². The Kier molecular flexibility index (Phi) is 7.99. The van der Waals surface area contributed by atoms with E-state index in [9.17, 15) is 36.0 Å². The van der Waals surface area contributed by atoms with E-state index in [-0.39, 0.29) is 35.8 Å². The summed E-state index contributed by atoms with van der Waals surface area (Å²) in [5, 5.41) is 9.08. The Hall–Kier alpha value is -4.54. The van der Waals surface area contributed by atoms with E-state index >= 15 is 0 Å². The number of nitrogens with zero attached hydrogens (tertiary/aromatic N) is 3. The molecule has 1 saturated heterocycles. The molecule has 1 aliphatic heterocycles. The molecule has 4 rings (SSSR count). The van der Waals surface area contributed by atoms with Crippen molar-refractivity contribution in [1.29, 1.82) is 5.26 Å². The van der Waals surface area contributed by atoms with Crippen LogP contribution in [0.3, 0.4) is 0 Å². The fourth-order valence-electron chi connectivity index (χ4n) is 4.67. The Morgan fingerprint density at radius 2 is 1.60 bits per heavy atom. The van der Waals surface area contributed by atoms with Gasteiger partial charge in [-0.3, -0.25) is 14.1 Å². The topological polar surface area (TPSA) is 136 Å². The van der Waals surface area contributed by atoms with Crippen LogP contribution in [-0.2, 0) is 45.3 Å². The molecule has 1 fully saturated rings. The van der Waals surface area contributed by atoms with Crippen molar-refractivity contribution in [3.05, 3.63) is 94.5 Å². The summed E-state index contributed by atoms with van der Waals surface area (Å²) in [6.07, 6.45) is -4.98. The molecule has 0 aliphatic carbocycles. The minimum absolute atomic E-state index is 0.0409. The van der Waals surface area contributed by atoms with E-state index in [2.05, 4.69) is 0 Å². The molecule has 0 saturated carbocycles. The smallest absolute Gasteiger partial charge is 0.305 e. The van der Waals surface area contributed by atoms with Crippen LogP contribution >= 0.6 is 0 Å². The number of nitriles is 1. The quantitative estimate of drug-likeness (QED) is 0.287. The predicted octanol–water partition coefficient (Wildman–Crippen LogP) is 4.93. The van der Waals surface area contributed by atoms with Gasteiger partial charge in [0.2, 0.25) is 0 Å². The van der Waals surface area contributed by atoms with Gasteiger partial charge in [0.1, 0.15) is 11.3 Å². The predicted molar refractivity (Wildman–Crippen MR) is 144 cm³/mol. The number of ketones is 1. The number of amides is 3. The Labute approximate surface area is 239 Å². The average molecular weight is 600 g/mol. The van der Waals surface area contributed by atoms with Crippen LogP contribution in [0.1, 0.15) is 41.7 Å². The van der Waals surface area contributed by atoms with Gasteiger partial charge in [0.15, 0.2) is 0 Å². The second-order valence-corrected chi connectivity index (χ2v) is 11.6. The van der Waals surface area contributed by atoms with E-state index in [1.165, 1.54) is 49.1 Å². The fourth-order valence-corrected chi connectivity index (χ4v) is 5.15. The zero-order valence-electron chi connectivity index (χ0n) is 22.3. The van der Waals surface area contributed by atoms with Crippen molar-refractivity contribution in [2.45, 2.75) is 49.8 Å². The van der Waals surface area contributed by atoms with Crippen LogP contribution in [0.4, 0.5) is 23.7 Å². The molecule has 0 radical (unpaired) electrons. The molecule has 1 aliphatic rings. The summed E-state index contributed by atoms with van der Waals surface area (Å²) in [6.45, 7) is 2.81. The van der Waals surface area contributed by atoms with Gasteiger partial charge in [-0.15, -0.1) is 0 Å². The number of imide groups is 1. The van der Waals surface area contributed by atoms with Gasteiger partial charge in [0.05, 0.1) is 27.8 Å². The van der Waals surface area contributed by atoms with Crippen LogP contribution in [0, 0.1) is 11.3 Å². The third-order valence-electron chi connectivity index (χ3n) is 6.97. The summed E-state index contributed by atoms with van der Waals surface area (Å²) >= 11 is 0. The summed E-state index contributed by atoms with van der Waals surface area (Å²) in [6, 6.07) is 15.1.